The van der Waals surface area contributed by atoms with Crippen LogP contribution < -0.4 is 0 Å². The molecule has 0 aliphatic carbocycles. The molecule has 8 aromatic carbocycles. The molecule has 0 fully saturated rings. The summed E-state index contributed by atoms with van der Waals surface area (Å²) in [6.07, 6.45) is 0. The normalized spacial score (nSPS) is 11.7. The van der Waals surface area contributed by atoms with E-state index in [0.717, 1.165) is 66.5 Å². The SMILES string of the molecule is c1ccc(-c2cc(-c3ccccc3)nc(-c3cccc(-c4cc5c6ccccc6c6ccccc6c5c5oc6ccccc6c45)c3)n2)cc1. The van der Waals surface area contributed by atoms with Crippen LogP contribution in [0.2, 0.25) is 0 Å². The van der Waals surface area contributed by atoms with Crippen LogP contribution in [0.4, 0.5) is 0 Å². The third-order valence-electron chi connectivity index (χ3n) is 9.65. The molecule has 0 saturated heterocycles. The van der Waals surface area contributed by atoms with Crippen LogP contribution in [0, 0.1) is 0 Å². The predicted molar refractivity (Wildman–Crippen MR) is 204 cm³/mol. The Balaban J connectivity index is 1.27. The summed E-state index contributed by atoms with van der Waals surface area (Å²) in [6.45, 7) is 0. The van der Waals surface area contributed by atoms with E-state index in [9.17, 15) is 0 Å². The highest BCUT2D eigenvalue weighted by Crippen LogP contribution is 2.46. The van der Waals surface area contributed by atoms with Crippen LogP contribution in [-0.2, 0) is 0 Å². The van der Waals surface area contributed by atoms with Crippen LogP contribution in [0.5, 0.6) is 0 Å². The van der Waals surface area contributed by atoms with E-state index in [1.807, 2.05) is 42.5 Å². The van der Waals surface area contributed by atoms with Crippen molar-refractivity contribution in [2.45, 2.75) is 0 Å². The van der Waals surface area contributed by atoms with Crippen LogP contribution in [0.15, 0.2) is 174 Å². The van der Waals surface area contributed by atoms with Gasteiger partial charge in [-0.1, -0.05) is 146 Å². The number of para-hydroxylation sites is 1. The minimum atomic E-state index is 0.688. The van der Waals surface area contributed by atoms with Gasteiger partial charge in [0.05, 0.1) is 11.4 Å². The molecule has 2 heterocycles. The van der Waals surface area contributed by atoms with Crippen LogP contribution in [0.3, 0.4) is 0 Å². The summed E-state index contributed by atoms with van der Waals surface area (Å²) in [5.74, 6) is 0.688. The fourth-order valence-electron chi connectivity index (χ4n) is 7.41. The average Bonchev–Trinajstić information content (AvgIpc) is 3.58. The van der Waals surface area contributed by atoms with Crippen molar-refractivity contribution in [2.75, 3.05) is 0 Å². The van der Waals surface area contributed by atoms with Crippen molar-refractivity contribution in [1.29, 1.82) is 0 Å². The van der Waals surface area contributed by atoms with E-state index < -0.39 is 0 Å². The fraction of sp³-hybridized carbons (Fsp3) is 0. The summed E-state index contributed by atoms with van der Waals surface area (Å²) < 4.78 is 6.80. The third kappa shape index (κ3) is 4.44. The van der Waals surface area contributed by atoms with Crippen molar-refractivity contribution in [3.05, 3.63) is 170 Å². The summed E-state index contributed by atoms with van der Waals surface area (Å²) >= 11 is 0. The predicted octanol–water partition coefficient (Wildman–Crippen LogP) is 12.5. The second-order valence-electron chi connectivity index (χ2n) is 12.5. The van der Waals surface area contributed by atoms with Crippen LogP contribution in [0.1, 0.15) is 0 Å². The minimum absolute atomic E-state index is 0.688. The Labute approximate surface area is 282 Å². The van der Waals surface area contributed by atoms with Crippen LogP contribution in [0.25, 0.3) is 99.3 Å². The lowest BCUT2D eigenvalue weighted by molar-refractivity contribution is 0.673. The van der Waals surface area contributed by atoms with Gasteiger partial charge < -0.3 is 4.42 Å². The molecule has 0 spiro atoms. The Hall–Kier alpha value is -6.58. The number of hydrogen-bond acceptors (Lipinski definition) is 3. The second kappa shape index (κ2) is 11.0. The number of nitrogens with zero attached hydrogens (tertiary/aromatic N) is 2. The highest BCUT2D eigenvalue weighted by molar-refractivity contribution is 6.34. The zero-order valence-electron chi connectivity index (χ0n) is 26.5. The molecule has 228 valence electrons. The first kappa shape index (κ1) is 27.5. The molecule has 0 radical (unpaired) electrons. The van der Waals surface area contributed by atoms with Gasteiger partial charge in [-0.25, -0.2) is 9.97 Å². The molecule has 3 nitrogen and oxygen atoms in total. The molecule has 10 aromatic rings. The Bertz CT molecular complexity index is 2810. The lowest BCUT2D eigenvalue weighted by Gasteiger charge is -2.14. The molecular weight excluding hydrogens is 597 g/mol. The molecule has 0 atom stereocenters. The largest absolute Gasteiger partial charge is 0.455 e. The molecule has 49 heavy (non-hydrogen) atoms. The maximum Gasteiger partial charge on any atom is 0.160 e. The number of benzene rings is 8. The highest BCUT2D eigenvalue weighted by atomic mass is 16.3. The molecule has 3 heteroatoms. The monoisotopic (exact) mass is 624 g/mol. The van der Waals surface area contributed by atoms with E-state index in [2.05, 4.69) is 127 Å². The molecule has 0 aliphatic heterocycles. The van der Waals surface area contributed by atoms with E-state index in [-0.39, 0.29) is 0 Å². The van der Waals surface area contributed by atoms with Gasteiger partial charge in [-0.05, 0) is 62.3 Å². The van der Waals surface area contributed by atoms with Crippen molar-refractivity contribution in [3.8, 4) is 45.0 Å². The third-order valence-corrected chi connectivity index (χ3v) is 9.65. The summed E-state index contributed by atoms with van der Waals surface area (Å²) in [4.78, 5) is 10.3. The molecule has 0 aliphatic rings. The smallest absolute Gasteiger partial charge is 0.160 e. The standard InChI is InChI=1S/C46H28N2O/c1-3-14-29(15-4-1)40-28-41(30-16-5-2-6-17-30)48-46(47-40)32-19-13-18-31(26-32)38-27-39-35-22-8-7-20-33(35)34-21-9-10-23-36(34)43(39)45-44(38)37-24-11-12-25-42(37)49-45/h1-28H. The maximum absolute atomic E-state index is 6.80. The molecule has 2 aromatic heterocycles. The lowest BCUT2D eigenvalue weighted by atomic mass is 9.89. The van der Waals surface area contributed by atoms with Gasteiger partial charge >= 0.3 is 0 Å². The van der Waals surface area contributed by atoms with Gasteiger partial charge in [0.2, 0.25) is 0 Å². The lowest BCUT2D eigenvalue weighted by Crippen LogP contribution is -1.96. The van der Waals surface area contributed by atoms with Crippen molar-refractivity contribution in [1.82, 2.24) is 9.97 Å². The molecule has 0 N–H and O–H groups in total. The van der Waals surface area contributed by atoms with E-state index in [4.69, 9.17) is 14.4 Å². The summed E-state index contributed by atoms with van der Waals surface area (Å²) in [6, 6.07) is 59.5. The molecular formula is C46H28N2O. The number of furan rings is 1. The first-order valence-corrected chi connectivity index (χ1v) is 16.6. The fourth-order valence-corrected chi connectivity index (χ4v) is 7.41. The van der Waals surface area contributed by atoms with Gasteiger partial charge in [-0.15, -0.1) is 0 Å². The van der Waals surface area contributed by atoms with Crippen molar-refractivity contribution in [3.63, 3.8) is 0 Å². The molecule has 0 amide bonds. The second-order valence-corrected chi connectivity index (χ2v) is 12.5. The summed E-state index contributed by atoms with van der Waals surface area (Å²) in [7, 11) is 0. The zero-order chi connectivity index (χ0) is 32.3. The Morgan fingerprint density at radius 2 is 0.857 bits per heavy atom. The van der Waals surface area contributed by atoms with E-state index in [0.29, 0.717) is 5.82 Å². The molecule has 0 unspecified atom stereocenters. The first-order valence-electron chi connectivity index (χ1n) is 16.6. The quantitative estimate of drug-likeness (QED) is 0.183. The highest BCUT2D eigenvalue weighted by Gasteiger charge is 2.21. The number of hydrogen-bond donors (Lipinski definition) is 0. The van der Waals surface area contributed by atoms with Gasteiger partial charge in [0, 0.05) is 32.8 Å². The zero-order valence-corrected chi connectivity index (χ0v) is 26.5. The van der Waals surface area contributed by atoms with Gasteiger partial charge in [-0.2, -0.15) is 0 Å². The number of fused-ring (bicyclic) bond motifs is 10. The van der Waals surface area contributed by atoms with Crippen LogP contribution >= 0.6 is 0 Å². The van der Waals surface area contributed by atoms with E-state index in [1.165, 1.54) is 26.9 Å². The number of aromatic nitrogens is 2. The minimum Gasteiger partial charge on any atom is -0.455 e. The topological polar surface area (TPSA) is 38.9 Å². The van der Waals surface area contributed by atoms with Crippen LogP contribution in [-0.4, -0.2) is 9.97 Å². The van der Waals surface area contributed by atoms with Crippen molar-refractivity contribution >= 4 is 54.3 Å². The Kier molecular flexibility index (Phi) is 6.18. The van der Waals surface area contributed by atoms with E-state index in [1.54, 1.807) is 0 Å². The Morgan fingerprint density at radius 1 is 0.347 bits per heavy atom. The molecule has 10 rings (SSSR count). The summed E-state index contributed by atoms with van der Waals surface area (Å²) in [5.41, 5.74) is 8.85. The van der Waals surface area contributed by atoms with Gasteiger partial charge in [-0.3, -0.25) is 0 Å². The maximum atomic E-state index is 6.80. The molecule has 0 bridgehead atoms. The first-order chi connectivity index (χ1) is 24.3. The molecule has 0 saturated carbocycles. The Morgan fingerprint density at radius 3 is 1.53 bits per heavy atom. The van der Waals surface area contributed by atoms with E-state index >= 15 is 0 Å². The number of rotatable bonds is 4. The van der Waals surface area contributed by atoms with Gasteiger partial charge in [0.1, 0.15) is 11.2 Å². The van der Waals surface area contributed by atoms with Crippen molar-refractivity contribution < 1.29 is 4.42 Å². The van der Waals surface area contributed by atoms with Gasteiger partial charge in [0.15, 0.2) is 5.82 Å². The van der Waals surface area contributed by atoms with Crippen molar-refractivity contribution in [2.24, 2.45) is 0 Å². The average molecular weight is 625 g/mol. The summed E-state index contributed by atoms with van der Waals surface area (Å²) in [5, 5.41) is 9.41. The van der Waals surface area contributed by atoms with Gasteiger partial charge in [0.25, 0.3) is 0 Å².